The van der Waals surface area contributed by atoms with Gasteiger partial charge in [0.25, 0.3) is 0 Å². The molecule has 0 amide bonds. The van der Waals surface area contributed by atoms with E-state index < -0.39 is 0 Å². The highest BCUT2D eigenvalue weighted by Gasteiger charge is 2.31. The average Bonchev–Trinajstić information content (AvgIpc) is 3.12. The van der Waals surface area contributed by atoms with Gasteiger partial charge in [-0.15, -0.1) is 0 Å². The summed E-state index contributed by atoms with van der Waals surface area (Å²) in [4.78, 5) is 14.9. The van der Waals surface area contributed by atoms with Gasteiger partial charge in [0.2, 0.25) is 17.2 Å². The molecule has 1 N–H and O–H groups in total. The van der Waals surface area contributed by atoms with Gasteiger partial charge in [-0.2, -0.15) is 26.3 Å². The number of aromatic nitrogens is 3. The molecule has 0 saturated heterocycles. The number of nitrogens with zero attached hydrogens (tertiary/aromatic N) is 4. The Morgan fingerprint density at radius 3 is 2.89 bits per heavy atom. The normalized spacial score (nSPS) is 14.4. The van der Waals surface area contributed by atoms with Gasteiger partial charge in [-0.1, -0.05) is 0 Å². The maximum Gasteiger partial charge on any atom is 0.232 e. The molecule has 1 saturated carbocycles. The molecule has 1 aliphatic rings. The number of anilines is 2. The summed E-state index contributed by atoms with van der Waals surface area (Å²) in [7, 11) is 1.77. The van der Waals surface area contributed by atoms with Crippen molar-refractivity contribution in [2.75, 3.05) is 17.3 Å². The predicted octanol–water partition coefficient (Wildman–Crippen LogP) is 2.80. The largest absolute Gasteiger partial charge is 0.357 e. The number of hydrogen-bond donors (Lipinski definition) is 1. The molecule has 0 radical (unpaired) electrons. The fourth-order valence-electron chi connectivity index (χ4n) is 1.91. The summed E-state index contributed by atoms with van der Waals surface area (Å²) >= 11 is 7.65. The average molecular weight is 296 g/mol. The Bertz CT molecular complexity index is 555. The zero-order valence-corrected chi connectivity index (χ0v) is 12.1. The van der Waals surface area contributed by atoms with E-state index in [2.05, 4.69) is 42.0 Å². The molecule has 0 aliphatic heterocycles. The van der Waals surface area contributed by atoms with Crippen LogP contribution in [0.5, 0.6) is 0 Å². The third kappa shape index (κ3) is 2.96. The second-order valence-electron chi connectivity index (χ2n) is 4.47. The second-order valence-corrected chi connectivity index (χ2v) is 5.59. The Kier molecular flexibility index (Phi) is 3.52. The van der Waals surface area contributed by atoms with E-state index in [9.17, 15) is 0 Å². The van der Waals surface area contributed by atoms with Crippen molar-refractivity contribution in [2.24, 2.45) is 0 Å². The minimum Gasteiger partial charge on any atom is -0.357 e. The van der Waals surface area contributed by atoms with Crippen molar-refractivity contribution < 1.29 is 0 Å². The summed E-state index contributed by atoms with van der Waals surface area (Å²) in [5, 5.41) is 7.37. The first-order chi connectivity index (χ1) is 9.26. The Morgan fingerprint density at radius 2 is 2.26 bits per heavy atom. The van der Waals surface area contributed by atoms with Gasteiger partial charge in [0.15, 0.2) is 0 Å². The van der Waals surface area contributed by atoms with E-state index in [4.69, 9.17) is 11.6 Å². The molecule has 100 valence electrons. The molecule has 2 heterocycles. The van der Waals surface area contributed by atoms with Crippen LogP contribution in [0.4, 0.5) is 11.9 Å². The topological polar surface area (TPSA) is 53.9 Å². The molecule has 2 aromatic rings. The zero-order chi connectivity index (χ0) is 13.2. The first-order valence-corrected chi connectivity index (χ1v) is 7.45. The molecule has 0 atom stereocenters. The molecule has 2 aromatic heterocycles. The molecule has 0 aromatic carbocycles. The molecule has 7 heteroatoms. The summed E-state index contributed by atoms with van der Waals surface area (Å²) in [6.45, 7) is 0.817. The number of halogens is 1. The van der Waals surface area contributed by atoms with Crippen molar-refractivity contribution in [3.05, 3.63) is 27.7 Å². The van der Waals surface area contributed by atoms with Crippen molar-refractivity contribution in [1.82, 2.24) is 15.0 Å². The van der Waals surface area contributed by atoms with Crippen LogP contribution >= 0.6 is 22.9 Å². The monoisotopic (exact) mass is 295 g/mol. The number of nitrogens with one attached hydrogen (secondary N) is 1. The van der Waals surface area contributed by atoms with Crippen molar-refractivity contribution in [3.63, 3.8) is 0 Å². The molecule has 1 aliphatic carbocycles. The first kappa shape index (κ1) is 12.6. The van der Waals surface area contributed by atoms with Crippen LogP contribution in [-0.4, -0.2) is 28.0 Å². The lowest BCUT2D eigenvalue weighted by atomic mass is 10.3. The fraction of sp³-hybridized carbons (Fsp3) is 0.417. The lowest BCUT2D eigenvalue weighted by Crippen LogP contribution is -2.27. The van der Waals surface area contributed by atoms with E-state index in [1.807, 2.05) is 0 Å². The van der Waals surface area contributed by atoms with E-state index in [0.29, 0.717) is 17.9 Å². The summed E-state index contributed by atoms with van der Waals surface area (Å²) < 4.78 is 0. The van der Waals surface area contributed by atoms with E-state index >= 15 is 0 Å². The molecular formula is C12H14ClN5S. The van der Waals surface area contributed by atoms with E-state index in [0.717, 1.165) is 6.54 Å². The van der Waals surface area contributed by atoms with Crippen LogP contribution in [0.15, 0.2) is 16.8 Å². The lowest BCUT2D eigenvalue weighted by molar-refractivity contribution is 0.755. The number of thiophene rings is 1. The van der Waals surface area contributed by atoms with Crippen LogP contribution in [0.3, 0.4) is 0 Å². The number of rotatable bonds is 5. The molecule has 0 spiro atoms. The summed E-state index contributed by atoms with van der Waals surface area (Å²) in [6, 6.07) is 2.64. The Labute approximate surface area is 120 Å². The van der Waals surface area contributed by atoms with Gasteiger partial charge in [-0.25, -0.2) is 0 Å². The standard InChI is InChI=1S/C12H14ClN5S/c1-14-11-15-10(13)16-12(17-11)18(9-2-3-9)6-8-4-5-19-7-8/h4-5,7,9H,2-3,6H2,1H3,(H,14,15,16,17). The molecule has 1 fully saturated rings. The van der Waals surface area contributed by atoms with Crippen LogP contribution in [0.25, 0.3) is 0 Å². The van der Waals surface area contributed by atoms with Gasteiger partial charge >= 0.3 is 0 Å². The van der Waals surface area contributed by atoms with E-state index in [1.165, 1.54) is 18.4 Å². The number of hydrogen-bond acceptors (Lipinski definition) is 6. The highest BCUT2D eigenvalue weighted by Crippen LogP contribution is 2.32. The van der Waals surface area contributed by atoms with Crippen molar-refractivity contribution in [3.8, 4) is 0 Å². The van der Waals surface area contributed by atoms with Crippen LogP contribution < -0.4 is 10.2 Å². The van der Waals surface area contributed by atoms with Gasteiger partial charge in [-0.3, -0.25) is 0 Å². The summed E-state index contributed by atoms with van der Waals surface area (Å²) in [6.07, 6.45) is 2.37. The van der Waals surface area contributed by atoms with Gasteiger partial charge in [0, 0.05) is 19.6 Å². The van der Waals surface area contributed by atoms with Gasteiger partial charge < -0.3 is 10.2 Å². The van der Waals surface area contributed by atoms with Crippen molar-refractivity contribution >= 4 is 34.8 Å². The first-order valence-electron chi connectivity index (χ1n) is 6.13. The van der Waals surface area contributed by atoms with Crippen molar-refractivity contribution in [2.45, 2.75) is 25.4 Å². The van der Waals surface area contributed by atoms with E-state index in [1.54, 1.807) is 18.4 Å². The van der Waals surface area contributed by atoms with Crippen LogP contribution in [-0.2, 0) is 6.54 Å². The molecule has 0 unspecified atom stereocenters. The molecule has 3 rings (SSSR count). The maximum absolute atomic E-state index is 5.95. The highest BCUT2D eigenvalue weighted by molar-refractivity contribution is 7.07. The Hall–Kier alpha value is -1.40. The fourth-order valence-corrected chi connectivity index (χ4v) is 2.72. The smallest absolute Gasteiger partial charge is 0.232 e. The molecule has 0 bridgehead atoms. The quantitative estimate of drug-likeness (QED) is 0.919. The molecular weight excluding hydrogens is 282 g/mol. The minimum atomic E-state index is 0.227. The molecule has 19 heavy (non-hydrogen) atoms. The highest BCUT2D eigenvalue weighted by atomic mass is 35.5. The predicted molar refractivity (Wildman–Crippen MR) is 77.9 cm³/mol. The van der Waals surface area contributed by atoms with Crippen LogP contribution in [0.2, 0.25) is 5.28 Å². The second kappa shape index (κ2) is 5.30. The third-order valence-electron chi connectivity index (χ3n) is 3.00. The van der Waals surface area contributed by atoms with Crippen LogP contribution in [0, 0.1) is 0 Å². The minimum absolute atomic E-state index is 0.227. The van der Waals surface area contributed by atoms with E-state index in [-0.39, 0.29) is 5.28 Å². The Morgan fingerprint density at radius 1 is 1.42 bits per heavy atom. The Balaban J connectivity index is 1.89. The van der Waals surface area contributed by atoms with Gasteiger partial charge in [0.05, 0.1) is 0 Å². The third-order valence-corrected chi connectivity index (χ3v) is 3.90. The molecule has 5 nitrogen and oxygen atoms in total. The van der Waals surface area contributed by atoms with Gasteiger partial charge in [-0.05, 0) is 46.8 Å². The maximum atomic E-state index is 5.95. The summed E-state index contributed by atoms with van der Waals surface area (Å²) in [5.41, 5.74) is 1.28. The van der Waals surface area contributed by atoms with Gasteiger partial charge in [0.1, 0.15) is 0 Å². The summed E-state index contributed by atoms with van der Waals surface area (Å²) in [5.74, 6) is 1.16. The SMILES string of the molecule is CNc1nc(Cl)nc(N(Cc2ccsc2)C2CC2)n1. The lowest BCUT2D eigenvalue weighted by Gasteiger charge is -2.22. The van der Waals surface area contributed by atoms with Crippen LogP contribution in [0.1, 0.15) is 18.4 Å². The van der Waals surface area contributed by atoms with Crippen molar-refractivity contribution in [1.29, 1.82) is 0 Å². The zero-order valence-electron chi connectivity index (χ0n) is 10.5.